The van der Waals surface area contributed by atoms with E-state index in [0.29, 0.717) is 17.1 Å². The first-order valence-electron chi connectivity index (χ1n) is 10.8. The van der Waals surface area contributed by atoms with Crippen LogP contribution in [0.1, 0.15) is 43.4 Å². The molecule has 1 unspecified atom stereocenters. The Bertz CT molecular complexity index is 1220. The van der Waals surface area contributed by atoms with Gasteiger partial charge < -0.3 is 10.1 Å². The molecule has 0 radical (unpaired) electrons. The second kappa shape index (κ2) is 9.99. The Morgan fingerprint density at radius 3 is 2.67 bits per heavy atom. The first kappa shape index (κ1) is 22.1. The fraction of sp³-hybridized carbons (Fsp3) is 0.250. The summed E-state index contributed by atoms with van der Waals surface area (Å²) in [4.78, 5) is 20.9. The number of carbonyl (C=O) groups is 1. The molecule has 4 rings (SSSR count). The number of hydrogen-bond donors (Lipinski definition) is 1. The molecule has 0 bridgehead atoms. The van der Waals surface area contributed by atoms with Gasteiger partial charge in [0.05, 0.1) is 23.6 Å². The lowest BCUT2D eigenvalue weighted by molar-refractivity contribution is 0.196. The number of carbonyl (C=O) groups excluding carboxylic acids is 1. The third-order valence-corrected chi connectivity index (χ3v) is 5.10. The number of rotatable bonds is 7. The second-order valence-corrected chi connectivity index (χ2v) is 7.72. The van der Waals surface area contributed by atoms with Crippen LogP contribution in [-0.2, 0) is 6.42 Å². The molecule has 9 heteroatoms. The topological polar surface area (TPSA) is 108 Å². The normalized spacial score (nSPS) is 11.7. The zero-order valence-corrected chi connectivity index (χ0v) is 18.8. The molecule has 33 heavy (non-hydrogen) atoms. The summed E-state index contributed by atoms with van der Waals surface area (Å²) in [6.07, 6.45) is 5.81. The van der Waals surface area contributed by atoms with E-state index < -0.39 is 6.09 Å². The molecule has 2 aromatic carbocycles. The van der Waals surface area contributed by atoms with E-state index in [1.165, 1.54) is 0 Å². The number of nitrogens with one attached hydrogen (secondary N) is 1. The maximum Gasteiger partial charge on any atom is 0.413 e. The predicted molar refractivity (Wildman–Crippen MR) is 123 cm³/mol. The van der Waals surface area contributed by atoms with Gasteiger partial charge in [-0.05, 0) is 54.0 Å². The van der Waals surface area contributed by atoms with Gasteiger partial charge in [-0.15, -0.1) is 5.10 Å². The van der Waals surface area contributed by atoms with Crippen LogP contribution >= 0.6 is 0 Å². The zero-order chi connectivity index (χ0) is 23.2. The Kier molecular flexibility index (Phi) is 6.68. The number of nitrogens with zero attached hydrogens (tertiary/aromatic N) is 6. The average Bonchev–Trinajstić information content (AvgIpc) is 3.28. The average molecular weight is 444 g/mol. The van der Waals surface area contributed by atoms with Crippen LogP contribution in [0.25, 0.3) is 16.8 Å². The fourth-order valence-electron chi connectivity index (χ4n) is 3.38. The fourth-order valence-corrected chi connectivity index (χ4v) is 3.38. The molecular weight excluding hydrogens is 418 g/mol. The SMILES string of the molecule is CCCc1nnnn1-c1cc(OC(=O)NC(C)c2cnccn2)cc(-c2ccc(C)cc2)c1. The largest absolute Gasteiger partial charge is 0.413 e. The lowest BCUT2D eigenvalue weighted by Crippen LogP contribution is -2.30. The lowest BCUT2D eigenvalue weighted by atomic mass is 10.0. The highest BCUT2D eigenvalue weighted by atomic mass is 16.6. The van der Waals surface area contributed by atoms with Crippen molar-refractivity contribution in [3.8, 4) is 22.6 Å². The van der Waals surface area contributed by atoms with Crippen molar-refractivity contribution in [1.29, 1.82) is 0 Å². The molecule has 0 saturated heterocycles. The van der Waals surface area contributed by atoms with E-state index in [1.807, 2.05) is 50.2 Å². The molecule has 168 valence electrons. The van der Waals surface area contributed by atoms with Crippen molar-refractivity contribution in [3.63, 3.8) is 0 Å². The van der Waals surface area contributed by atoms with Gasteiger partial charge in [-0.2, -0.15) is 4.68 Å². The molecule has 0 fully saturated rings. The highest BCUT2D eigenvalue weighted by molar-refractivity contribution is 5.74. The maximum absolute atomic E-state index is 12.6. The van der Waals surface area contributed by atoms with Gasteiger partial charge in [-0.25, -0.2) is 4.79 Å². The van der Waals surface area contributed by atoms with Crippen molar-refractivity contribution in [2.75, 3.05) is 0 Å². The Morgan fingerprint density at radius 2 is 1.94 bits per heavy atom. The third kappa shape index (κ3) is 5.38. The van der Waals surface area contributed by atoms with Crippen LogP contribution in [0.2, 0.25) is 0 Å². The highest BCUT2D eigenvalue weighted by Crippen LogP contribution is 2.29. The lowest BCUT2D eigenvalue weighted by Gasteiger charge is -2.15. The minimum Gasteiger partial charge on any atom is -0.410 e. The monoisotopic (exact) mass is 443 g/mol. The van der Waals surface area contributed by atoms with Gasteiger partial charge in [-0.3, -0.25) is 9.97 Å². The summed E-state index contributed by atoms with van der Waals surface area (Å²) in [7, 11) is 0. The highest BCUT2D eigenvalue weighted by Gasteiger charge is 2.16. The van der Waals surface area contributed by atoms with E-state index in [9.17, 15) is 4.79 Å². The van der Waals surface area contributed by atoms with Crippen LogP contribution in [0, 0.1) is 6.92 Å². The minimum atomic E-state index is -0.592. The van der Waals surface area contributed by atoms with Crippen LogP contribution < -0.4 is 10.1 Å². The summed E-state index contributed by atoms with van der Waals surface area (Å²) in [5, 5.41) is 14.9. The number of benzene rings is 2. The smallest absolute Gasteiger partial charge is 0.410 e. The molecule has 0 aliphatic carbocycles. The van der Waals surface area contributed by atoms with Crippen molar-refractivity contribution >= 4 is 6.09 Å². The second-order valence-electron chi connectivity index (χ2n) is 7.72. The zero-order valence-electron chi connectivity index (χ0n) is 18.8. The summed E-state index contributed by atoms with van der Waals surface area (Å²) in [6, 6.07) is 13.3. The number of tetrazole rings is 1. The first-order chi connectivity index (χ1) is 16.0. The Morgan fingerprint density at radius 1 is 1.12 bits per heavy atom. The van der Waals surface area contributed by atoms with Gasteiger partial charge in [-0.1, -0.05) is 36.8 Å². The molecule has 4 aromatic rings. The first-order valence-corrected chi connectivity index (χ1v) is 10.8. The Balaban J connectivity index is 1.65. The molecule has 1 atom stereocenters. The third-order valence-electron chi connectivity index (χ3n) is 5.10. The van der Waals surface area contributed by atoms with Crippen LogP contribution in [0.3, 0.4) is 0 Å². The quantitative estimate of drug-likeness (QED) is 0.455. The summed E-state index contributed by atoms with van der Waals surface area (Å²) < 4.78 is 7.33. The molecule has 2 heterocycles. The van der Waals surface area contributed by atoms with Crippen LogP contribution in [0.4, 0.5) is 4.79 Å². The minimum absolute atomic E-state index is 0.360. The molecule has 0 saturated carbocycles. The van der Waals surface area contributed by atoms with Gasteiger partial charge in [0.15, 0.2) is 5.82 Å². The summed E-state index contributed by atoms with van der Waals surface area (Å²) in [5.41, 5.74) is 4.39. The molecule has 0 aliphatic heterocycles. The number of ether oxygens (including phenoxy) is 1. The standard InChI is InChI=1S/C24H25N7O2/c1-4-5-23-28-29-30-31(23)20-12-19(18-8-6-16(2)7-9-18)13-21(14-20)33-24(32)27-17(3)22-15-25-10-11-26-22/h6-15,17H,4-5H2,1-3H3,(H,27,32). The maximum atomic E-state index is 12.6. The summed E-state index contributed by atoms with van der Waals surface area (Å²) >= 11 is 0. The molecule has 2 aromatic heterocycles. The van der Waals surface area contributed by atoms with E-state index in [1.54, 1.807) is 29.3 Å². The van der Waals surface area contributed by atoms with Gasteiger partial charge in [0, 0.05) is 24.9 Å². The summed E-state index contributed by atoms with van der Waals surface area (Å²) in [5.74, 6) is 1.12. The molecule has 1 N–H and O–H groups in total. The van der Waals surface area contributed by atoms with Crippen molar-refractivity contribution in [3.05, 3.63) is 78.1 Å². The van der Waals surface area contributed by atoms with Gasteiger partial charge in [0.2, 0.25) is 0 Å². The van der Waals surface area contributed by atoms with Gasteiger partial charge in [0.25, 0.3) is 0 Å². The molecule has 1 amide bonds. The molecule has 0 spiro atoms. The predicted octanol–water partition coefficient (Wildman–Crippen LogP) is 4.23. The van der Waals surface area contributed by atoms with E-state index in [-0.39, 0.29) is 6.04 Å². The number of hydrogen-bond acceptors (Lipinski definition) is 7. The van der Waals surface area contributed by atoms with Crippen LogP contribution in [-0.4, -0.2) is 36.3 Å². The number of aryl methyl sites for hydroxylation is 2. The van der Waals surface area contributed by atoms with Crippen molar-refractivity contribution in [2.24, 2.45) is 0 Å². The van der Waals surface area contributed by atoms with E-state index in [4.69, 9.17) is 4.74 Å². The van der Waals surface area contributed by atoms with E-state index in [0.717, 1.165) is 35.4 Å². The van der Waals surface area contributed by atoms with Crippen LogP contribution in [0.5, 0.6) is 5.75 Å². The van der Waals surface area contributed by atoms with Crippen molar-refractivity contribution < 1.29 is 9.53 Å². The van der Waals surface area contributed by atoms with Gasteiger partial charge >= 0.3 is 6.09 Å². The Hall–Kier alpha value is -4.14. The Labute approximate surface area is 191 Å². The summed E-state index contributed by atoms with van der Waals surface area (Å²) in [6.45, 7) is 5.92. The van der Waals surface area contributed by atoms with Crippen LogP contribution in [0.15, 0.2) is 61.1 Å². The van der Waals surface area contributed by atoms with Crippen molar-refractivity contribution in [2.45, 2.75) is 39.7 Å². The molecule has 0 aliphatic rings. The molecule has 9 nitrogen and oxygen atoms in total. The van der Waals surface area contributed by atoms with E-state index >= 15 is 0 Å². The number of aromatic nitrogens is 6. The van der Waals surface area contributed by atoms with E-state index in [2.05, 4.69) is 37.7 Å². The molecular formula is C24H25N7O2. The number of amides is 1. The van der Waals surface area contributed by atoms with Crippen molar-refractivity contribution in [1.82, 2.24) is 35.5 Å². The van der Waals surface area contributed by atoms with Gasteiger partial charge in [0.1, 0.15) is 5.75 Å².